The molecular weight excluding hydrogens is 202 g/mol. The summed E-state index contributed by atoms with van der Waals surface area (Å²) in [4.78, 5) is 9.90. The van der Waals surface area contributed by atoms with E-state index in [1.54, 1.807) is 0 Å². The molecule has 0 saturated carbocycles. The summed E-state index contributed by atoms with van der Waals surface area (Å²) >= 11 is 0. The number of rotatable bonds is 4. The average molecular weight is 213 g/mol. The molecule has 82 valence electrons. The van der Waals surface area contributed by atoms with E-state index in [-0.39, 0.29) is 12.3 Å². The van der Waals surface area contributed by atoms with Crippen LogP contribution in [0.15, 0.2) is 12.1 Å². The van der Waals surface area contributed by atoms with Crippen molar-refractivity contribution in [1.82, 2.24) is 5.43 Å². The summed E-state index contributed by atoms with van der Waals surface area (Å²) in [5, 5.41) is 20.0. The molecule has 0 fully saturated rings. The van der Waals surface area contributed by atoms with Crippen molar-refractivity contribution in [3.8, 4) is 11.5 Å². The molecule has 1 aromatic carbocycles. The van der Waals surface area contributed by atoms with Crippen LogP contribution in [0.1, 0.15) is 5.56 Å². The maximum atomic E-state index is 10.6. The van der Waals surface area contributed by atoms with Crippen molar-refractivity contribution < 1.29 is 14.8 Å². The molecule has 0 bridgehead atoms. The first-order valence-corrected chi connectivity index (χ1v) is 4.08. The average Bonchev–Trinajstić information content (AvgIpc) is 2.20. The van der Waals surface area contributed by atoms with Gasteiger partial charge in [-0.05, 0) is 11.6 Å². The maximum Gasteiger partial charge on any atom is 0.314 e. The third kappa shape index (κ3) is 2.33. The Bertz CT molecular complexity index is 380. The zero-order chi connectivity index (χ0) is 11.4. The summed E-state index contributed by atoms with van der Waals surface area (Å²) in [6.07, 6.45) is 0. The minimum absolute atomic E-state index is 0.0504. The molecule has 1 rings (SSSR count). The van der Waals surface area contributed by atoms with Gasteiger partial charge in [0.15, 0.2) is 5.75 Å². The number of nitrogens with one attached hydrogen (secondary N) is 1. The maximum absolute atomic E-state index is 10.6. The van der Waals surface area contributed by atoms with Crippen molar-refractivity contribution in [2.24, 2.45) is 5.84 Å². The van der Waals surface area contributed by atoms with Crippen LogP contribution in [0.3, 0.4) is 0 Å². The van der Waals surface area contributed by atoms with Crippen LogP contribution in [0.5, 0.6) is 11.5 Å². The van der Waals surface area contributed by atoms with Crippen molar-refractivity contribution in [3.05, 3.63) is 27.8 Å². The van der Waals surface area contributed by atoms with Crippen LogP contribution in [0.4, 0.5) is 5.69 Å². The topological polar surface area (TPSA) is 111 Å². The molecule has 0 unspecified atom stereocenters. The standard InChI is InChI=1S/C8H11N3O4/c1-15-7-3-5(4-10-9)2-6(8(7)12)11(13)14/h2-3,10,12H,4,9H2,1H3. The molecule has 0 saturated heterocycles. The summed E-state index contributed by atoms with van der Waals surface area (Å²) in [6.45, 7) is 0.247. The Morgan fingerprint density at radius 1 is 1.67 bits per heavy atom. The summed E-state index contributed by atoms with van der Waals surface area (Å²) in [5.74, 6) is 4.66. The molecule has 0 aliphatic carbocycles. The van der Waals surface area contributed by atoms with E-state index in [1.807, 2.05) is 0 Å². The monoisotopic (exact) mass is 213 g/mol. The van der Waals surface area contributed by atoms with Crippen LogP contribution in [-0.4, -0.2) is 17.1 Å². The molecule has 0 spiro atoms. The van der Waals surface area contributed by atoms with E-state index in [4.69, 9.17) is 10.6 Å². The first-order valence-electron chi connectivity index (χ1n) is 4.08. The molecule has 0 atom stereocenters. The highest BCUT2D eigenvalue weighted by molar-refractivity contribution is 5.57. The van der Waals surface area contributed by atoms with E-state index in [1.165, 1.54) is 19.2 Å². The fraction of sp³-hybridized carbons (Fsp3) is 0.250. The number of nitrogens with zero attached hydrogens (tertiary/aromatic N) is 1. The van der Waals surface area contributed by atoms with Crippen molar-refractivity contribution in [2.75, 3.05) is 7.11 Å². The third-order valence-corrected chi connectivity index (χ3v) is 1.84. The number of nitro groups is 1. The molecular formula is C8H11N3O4. The highest BCUT2D eigenvalue weighted by Crippen LogP contribution is 2.36. The van der Waals surface area contributed by atoms with Gasteiger partial charge < -0.3 is 9.84 Å². The van der Waals surface area contributed by atoms with E-state index in [0.717, 1.165) is 0 Å². The first-order chi connectivity index (χ1) is 7.10. The molecule has 7 nitrogen and oxygen atoms in total. The van der Waals surface area contributed by atoms with Gasteiger partial charge in [-0.1, -0.05) is 0 Å². The van der Waals surface area contributed by atoms with E-state index >= 15 is 0 Å². The molecule has 0 amide bonds. The first kappa shape index (κ1) is 11.2. The lowest BCUT2D eigenvalue weighted by molar-refractivity contribution is -0.386. The third-order valence-electron chi connectivity index (χ3n) is 1.84. The fourth-order valence-electron chi connectivity index (χ4n) is 1.16. The van der Waals surface area contributed by atoms with Crippen molar-refractivity contribution >= 4 is 5.69 Å². The molecule has 0 aliphatic rings. The zero-order valence-corrected chi connectivity index (χ0v) is 8.06. The minimum atomic E-state index is -0.683. The SMILES string of the molecule is COc1cc(CNN)cc([N+](=O)[O-])c1O. The summed E-state index contributed by atoms with van der Waals surface area (Å²) in [5.41, 5.74) is 2.51. The number of ether oxygens (including phenoxy) is 1. The highest BCUT2D eigenvalue weighted by atomic mass is 16.6. The van der Waals surface area contributed by atoms with Gasteiger partial charge in [0.25, 0.3) is 0 Å². The zero-order valence-electron chi connectivity index (χ0n) is 8.06. The number of phenols is 1. The number of hydrogen-bond acceptors (Lipinski definition) is 6. The van der Waals surface area contributed by atoms with Crippen LogP contribution >= 0.6 is 0 Å². The van der Waals surface area contributed by atoms with E-state index in [9.17, 15) is 15.2 Å². The number of nitrogens with two attached hydrogens (primary N) is 1. The Morgan fingerprint density at radius 3 is 2.80 bits per heavy atom. The Hall–Kier alpha value is -1.86. The highest BCUT2D eigenvalue weighted by Gasteiger charge is 2.19. The molecule has 0 radical (unpaired) electrons. The van der Waals surface area contributed by atoms with Crippen LogP contribution in [0.2, 0.25) is 0 Å². The molecule has 0 aromatic heterocycles. The summed E-state index contributed by atoms with van der Waals surface area (Å²) in [6, 6.07) is 2.71. The van der Waals surface area contributed by atoms with Crippen LogP contribution in [0, 0.1) is 10.1 Å². The van der Waals surface area contributed by atoms with Crippen LogP contribution in [0.25, 0.3) is 0 Å². The number of aromatic hydroxyl groups is 1. The van der Waals surface area contributed by atoms with Crippen molar-refractivity contribution in [3.63, 3.8) is 0 Å². The van der Waals surface area contributed by atoms with Gasteiger partial charge in [0.05, 0.1) is 12.0 Å². The van der Waals surface area contributed by atoms with Gasteiger partial charge >= 0.3 is 5.69 Å². The number of phenolic OH excluding ortho intramolecular Hbond substituents is 1. The van der Waals surface area contributed by atoms with Gasteiger partial charge in [0.1, 0.15) is 0 Å². The normalized spacial score (nSPS) is 10.0. The predicted octanol–water partition coefficient (Wildman–Crippen LogP) is 0.272. The van der Waals surface area contributed by atoms with Gasteiger partial charge in [-0.3, -0.25) is 21.4 Å². The van der Waals surface area contributed by atoms with Crippen LogP contribution in [-0.2, 0) is 6.54 Å². The molecule has 4 N–H and O–H groups in total. The Balaban J connectivity index is 3.25. The largest absolute Gasteiger partial charge is 0.500 e. The van der Waals surface area contributed by atoms with Crippen molar-refractivity contribution in [2.45, 2.75) is 6.54 Å². The lowest BCUT2D eigenvalue weighted by Crippen LogP contribution is -2.20. The summed E-state index contributed by atoms with van der Waals surface area (Å²) in [7, 11) is 1.32. The van der Waals surface area contributed by atoms with Gasteiger partial charge in [0.2, 0.25) is 5.75 Å². The van der Waals surface area contributed by atoms with E-state index in [0.29, 0.717) is 5.56 Å². The smallest absolute Gasteiger partial charge is 0.314 e. The van der Waals surface area contributed by atoms with Gasteiger partial charge in [-0.25, -0.2) is 0 Å². The second-order valence-corrected chi connectivity index (χ2v) is 2.80. The summed E-state index contributed by atoms with van der Waals surface area (Å²) < 4.78 is 4.80. The van der Waals surface area contributed by atoms with E-state index in [2.05, 4.69) is 5.43 Å². The van der Waals surface area contributed by atoms with Crippen LogP contribution < -0.4 is 16.0 Å². The Morgan fingerprint density at radius 2 is 2.33 bits per heavy atom. The quantitative estimate of drug-likeness (QED) is 0.376. The number of nitro benzene ring substituents is 1. The van der Waals surface area contributed by atoms with Gasteiger partial charge in [-0.15, -0.1) is 0 Å². The lowest BCUT2D eigenvalue weighted by Gasteiger charge is -2.06. The second-order valence-electron chi connectivity index (χ2n) is 2.80. The Labute approximate surface area is 85.6 Å². The number of methoxy groups -OCH3 is 1. The number of hydrogen-bond donors (Lipinski definition) is 3. The second kappa shape index (κ2) is 4.58. The molecule has 0 aliphatic heterocycles. The molecule has 0 heterocycles. The molecule has 1 aromatic rings. The lowest BCUT2D eigenvalue weighted by atomic mass is 10.1. The van der Waals surface area contributed by atoms with Gasteiger partial charge in [0, 0.05) is 12.6 Å². The molecule has 15 heavy (non-hydrogen) atoms. The van der Waals surface area contributed by atoms with Crippen molar-refractivity contribution in [1.29, 1.82) is 0 Å². The number of hydrazine groups is 1. The Kier molecular flexibility index (Phi) is 3.42. The predicted molar refractivity (Wildman–Crippen MR) is 52.3 cm³/mol. The number of benzene rings is 1. The van der Waals surface area contributed by atoms with Gasteiger partial charge in [-0.2, -0.15) is 0 Å². The molecule has 7 heteroatoms. The van der Waals surface area contributed by atoms with E-state index < -0.39 is 16.4 Å². The minimum Gasteiger partial charge on any atom is -0.500 e. The fourth-order valence-corrected chi connectivity index (χ4v) is 1.16.